The summed E-state index contributed by atoms with van der Waals surface area (Å²) in [6.45, 7) is 4.82. The van der Waals surface area contributed by atoms with Crippen molar-refractivity contribution in [2.24, 2.45) is 5.41 Å². The van der Waals surface area contributed by atoms with Gasteiger partial charge >= 0.3 is 5.97 Å². The van der Waals surface area contributed by atoms with Crippen molar-refractivity contribution in [2.45, 2.75) is 65.0 Å². The van der Waals surface area contributed by atoms with Gasteiger partial charge in [-0.1, -0.05) is 35.9 Å². The summed E-state index contributed by atoms with van der Waals surface area (Å²) in [4.78, 5) is 27.4. The highest BCUT2D eigenvalue weighted by molar-refractivity contribution is 5.95. The first kappa shape index (κ1) is 28.8. The Morgan fingerprint density at radius 3 is 2.44 bits per heavy atom. The number of nitrogens with zero attached hydrogens (tertiary/aromatic N) is 4. The second kappa shape index (κ2) is 11.4. The van der Waals surface area contributed by atoms with Gasteiger partial charge in [0.05, 0.1) is 17.5 Å². The highest BCUT2D eigenvalue weighted by atomic mass is 19.1. The lowest BCUT2D eigenvalue weighted by Gasteiger charge is -2.34. The maximum atomic E-state index is 15.1. The van der Waals surface area contributed by atoms with Gasteiger partial charge in [0.15, 0.2) is 0 Å². The average Bonchev–Trinajstić information content (AvgIpc) is 3.37. The monoisotopic (exact) mass is 588 g/mol. The number of carboxylic acids is 1. The molecule has 5 aliphatic rings. The van der Waals surface area contributed by atoms with Crippen molar-refractivity contribution in [2.75, 3.05) is 13.2 Å². The summed E-state index contributed by atoms with van der Waals surface area (Å²) >= 11 is 0. The number of carbonyl (C=O) groups excluding carboxylic acids is 1. The summed E-state index contributed by atoms with van der Waals surface area (Å²) in [7, 11) is 0. The number of ether oxygens (including phenoxy) is 1. The lowest BCUT2D eigenvalue weighted by Crippen LogP contribution is -2.37. The van der Waals surface area contributed by atoms with Gasteiger partial charge in [0, 0.05) is 37.7 Å². The molecule has 0 spiro atoms. The van der Waals surface area contributed by atoms with Crippen molar-refractivity contribution in [3.05, 3.63) is 88.0 Å². The summed E-state index contributed by atoms with van der Waals surface area (Å²) in [5.74, 6) is -4.08. The summed E-state index contributed by atoms with van der Waals surface area (Å²) in [5, 5.41) is 19.0. The van der Waals surface area contributed by atoms with E-state index in [-0.39, 0.29) is 12.3 Å². The third kappa shape index (κ3) is 5.46. The Bertz CT molecular complexity index is 1690. The fourth-order valence-corrected chi connectivity index (χ4v) is 6.32. The molecule has 6 heterocycles. The van der Waals surface area contributed by atoms with Gasteiger partial charge in [-0.15, -0.1) is 5.10 Å². The van der Waals surface area contributed by atoms with Crippen LogP contribution in [-0.2, 0) is 24.3 Å². The van der Waals surface area contributed by atoms with Crippen LogP contribution in [0.25, 0.3) is 11.0 Å². The molecule has 9 rings (SSSR count). The SMILES string of the molecule is CC(C)(C(=O)O)[C@H]1c2ccc3c(c2)CN(CC3)C(=O)c2c(F)cc(cc2F)OCCCCCCn2nnc3cc1ccc32. The van der Waals surface area contributed by atoms with E-state index in [9.17, 15) is 14.7 Å². The Balaban J connectivity index is 1.43. The van der Waals surface area contributed by atoms with Crippen LogP contribution in [0.2, 0.25) is 0 Å². The van der Waals surface area contributed by atoms with E-state index in [1.54, 1.807) is 13.8 Å². The lowest BCUT2D eigenvalue weighted by molar-refractivity contribution is -0.147. The van der Waals surface area contributed by atoms with E-state index in [4.69, 9.17) is 4.74 Å². The molecule has 8 nitrogen and oxygen atoms in total. The van der Waals surface area contributed by atoms with Gasteiger partial charge in [0.1, 0.15) is 28.5 Å². The van der Waals surface area contributed by atoms with E-state index < -0.39 is 40.4 Å². The Morgan fingerprint density at radius 2 is 1.67 bits per heavy atom. The number of carboxylic acid groups (broad SMARTS) is 1. The Hall–Kier alpha value is -4.34. The molecule has 1 amide bonds. The summed E-state index contributed by atoms with van der Waals surface area (Å²) in [5.41, 5.74) is 3.16. The zero-order valence-corrected chi connectivity index (χ0v) is 24.3. The number of hydrogen-bond acceptors (Lipinski definition) is 5. The van der Waals surface area contributed by atoms with Crippen LogP contribution in [0.5, 0.6) is 5.75 Å². The largest absolute Gasteiger partial charge is 0.493 e. The van der Waals surface area contributed by atoms with E-state index in [1.165, 1.54) is 4.90 Å². The third-order valence-corrected chi connectivity index (χ3v) is 8.77. The van der Waals surface area contributed by atoms with Crippen LogP contribution in [0.15, 0.2) is 48.5 Å². The maximum Gasteiger partial charge on any atom is 0.310 e. The molecule has 0 fully saturated rings. The highest BCUT2D eigenvalue weighted by Crippen LogP contribution is 2.43. The first-order valence-electron chi connectivity index (χ1n) is 14.7. The van der Waals surface area contributed by atoms with E-state index in [1.807, 2.05) is 41.1 Å². The van der Waals surface area contributed by atoms with Gasteiger partial charge < -0.3 is 14.7 Å². The molecule has 5 aliphatic heterocycles. The van der Waals surface area contributed by atoms with E-state index in [2.05, 4.69) is 10.3 Å². The van der Waals surface area contributed by atoms with Crippen molar-refractivity contribution < 1.29 is 28.2 Å². The minimum Gasteiger partial charge on any atom is -0.493 e. The van der Waals surface area contributed by atoms with Gasteiger partial charge in [-0.2, -0.15) is 0 Å². The predicted octanol–water partition coefficient (Wildman–Crippen LogP) is 6.10. The molecule has 9 bridgehead atoms. The number of hydrogen-bond donors (Lipinski definition) is 1. The summed E-state index contributed by atoms with van der Waals surface area (Å²) in [6, 6.07) is 13.8. The van der Waals surface area contributed by atoms with Gasteiger partial charge in [0.2, 0.25) is 0 Å². The van der Waals surface area contributed by atoms with Crippen molar-refractivity contribution in [1.82, 2.24) is 19.9 Å². The minimum atomic E-state index is -1.19. The number of benzene rings is 3. The number of aliphatic carboxylic acids is 1. The topological polar surface area (TPSA) is 97.6 Å². The lowest BCUT2D eigenvalue weighted by atomic mass is 9.70. The van der Waals surface area contributed by atoms with Crippen molar-refractivity contribution in [3.63, 3.8) is 0 Å². The van der Waals surface area contributed by atoms with Crippen molar-refractivity contribution in [1.29, 1.82) is 0 Å². The smallest absolute Gasteiger partial charge is 0.310 e. The Labute approximate surface area is 248 Å². The maximum absolute atomic E-state index is 15.1. The van der Waals surface area contributed by atoms with Gasteiger partial charge in [-0.25, -0.2) is 13.5 Å². The predicted molar refractivity (Wildman–Crippen MR) is 156 cm³/mol. The second-order valence-corrected chi connectivity index (χ2v) is 12.1. The van der Waals surface area contributed by atoms with Crippen LogP contribution in [0.4, 0.5) is 8.78 Å². The molecule has 0 radical (unpaired) electrons. The van der Waals surface area contributed by atoms with Crippen LogP contribution in [-0.4, -0.2) is 50.0 Å². The number of aromatic nitrogens is 3. The molecule has 3 aromatic carbocycles. The van der Waals surface area contributed by atoms with Crippen LogP contribution >= 0.6 is 0 Å². The average molecular weight is 589 g/mol. The molecule has 1 atom stereocenters. The fourth-order valence-electron chi connectivity index (χ4n) is 6.32. The number of amides is 1. The Morgan fingerprint density at radius 1 is 0.953 bits per heavy atom. The number of aryl methyl sites for hydroxylation is 1. The second-order valence-electron chi connectivity index (χ2n) is 12.1. The molecular formula is C33H34F2N4O4. The quantitative estimate of drug-likeness (QED) is 0.304. The van der Waals surface area contributed by atoms with Crippen LogP contribution in [0.1, 0.15) is 78.1 Å². The minimum absolute atomic E-state index is 0.0546. The molecule has 0 saturated heterocycles. The zero-order chi connectivity index (χ0) is 30.3. The van der Waals surface area contributed by atoms with Gasteiger partial charge in [-0.3, -0.25) is 9.59 Å². The molecular weight excluding hydrogens is 554 g/mol. The van der Waals surface area contributed by atoms with Crippen LogP contribution < -0.4 is 4.74 Å². The molecule has 4 aromatic rings. The molecule has 0 aliphatic carbocycles. The van der Waals surface area contributed by atoms with Gasteiger partial charge in [-0.05, 0) is 73.9 Å². The molecule has 0 saturated carbocycles. The number of carbonyl (C=O) groups is 2. The van der Waals surface area contributed by atoms with E-state index in [0.717, 1.165) is 59.2 Å². The zero-order valence-electron chi connectivity index (χ0n) is 24.3. The first-order chi connectivity index (χ1) is 20.6. The van der Waals surface area contributed by atoms with Crippen molar-refractivity contribution >= 4 is 22.9 Å². The van der Waals surface area contributed by atoms with E-state index >= 15 is 8.78 Å². The normalized spacial score (nSPS) is 18.0. The molecule has 1 aromatic heterocycles. The fraction of sp³-hybridized carbons (Fsp3) is 0.394. The third-order valence-electron chi connectivity index (χ3n) is 8.77. The standard InChI is InChI=1S/C33H34F2N4O4/c1-33(2,32(41)42)30-21-8-7-20-11-13-38(19-23(20)15-21)31(40)29-25(34)17-24(18-26(29)35)43-14-6-4-3-5-12-39-28-10-9-22(30)16-27(28)36-37-39/h7-10,15-18,30H,3-6,11-14,19H2,1-2H3,(H,41,42)/t30-/m0/s1. The van der Waals surface area contributed by atoms with Gasteiger partial charge in [0.25, 0.3) is 5.91 Å². The summed E-state index contributed by atoms with van der Waals surface area (Å²) < 4.78 is 37.7. The van der Waals surface area contributed by atoms with Crippen LogP contribution in [0, 0.1) is 17.0 Å². The number of rotatable bonds is 2. The Kier molecular flexibility index (Phi) is 7.62. The molecule has 43 heavy (non-hydrogen) atoms. The first-order valence-corrected chi connectivity index (χ1v) is 14.7. The van der Waals surface area contributed by atoms with Crippen LogP contribution in [0.3, 0.4) is 0 Å². The molecule has 10 heteroatoms. The highest BCUT2D eigenvalue weighted by Gasteiger charge is 2.40. The van der Waals surface area contributed by atoms with Crippen molar-refractivity contribution in [3.8, 4) is 5.75 Å². The molecule has 0 unspecified atom stereocenters. The molecule has 224 valence electrons. The summed E-state index contributed by atoms with van der Waals surface area (Å²) in [6.07, 6.45) is 3.84. The van der Waals surface area contributed by atoms with E-state index in [0.29, 0.717) is 38.1 Å². The number of halogens is 2. The molecule has 1 N–H and O–H groups in total.